The zero-order valence-corrected chi connectivity index (χ0v) is 10.0. The Morgan fingerprint density at radius 1 is 1.53 bits per heavy atom. The normalized spacial score (nSPS) is 10.6. The van der Waals surface area contributed by atoms with Crippen LogP contribution in [-0.2, 0) is 0 Å². The highest BCUT2D eigenvalue weighted by atomic mass is 16.6. The lowest BCUT2D eigenvalue weighted by Crippen LogP contribution is -2.19. The minimum absolute atomic E-state index is 0.0888. The largest absolute Gasteiger partial charge is 0.497 e. The summed E-state index contributed by atoms with van der Waals surface area (Å²) in [7, 11) is 1.57. The molecule has 2 rings (SSSR count). The number of anilines is 1. The van der Waals surface area contributed by atoms with Crippen LogP contribution in [0.15, 0.2) is 34.0 Å². The summed E-state index contributed by atoms with van der Waals surface area (Å²) in [6.07, 6.45) is 1.46. The van der Waals surface area contributed by atoms with Crippen LogP contribution in [0.3, 0.4) is 0 Å². The van der Waals surface area contributed by atoms with Gasteiger partial charge in [0, 0.05) is 0 Å². The number of rotatable bonds is 4. The predicted octanol–water partition coefficient (Wildman–Crippen LogP) is 0.424. The lowest BCUT2D eigenvalue weighted by atomic mass is 10.2. The van der Waals surface area contributed by atoms with Gasteiger partial charge in [-0.25, -0.2) is 10.1 Å². The molecular weight excluding hydrogens is 250 g/mol. The molecule has 0 aliphatic carbocycles. The Bertz CT molecular complexity index is 608. The Morgan fingerprint density at radius 3 is 3.05 bits per heavy atom. The Morgan fingerprint density at radius 2 is 2.37 bits per heavy atom. The Kier molecular flexibility index (Phi) is 3.72. The van der Waals surface area contributed by atoms with Gasteiger partial charge in [0.15, 0.2) is 0 Å². The van der Waals surface area contributed by atoms with Gasteiger partial charge in [0.1, 0.15) is 5.75 Å². The lowest BCUT2D eigenvalue weighted by Gasteiger charge is -1.99. The van der Waals surface area contributed by atoms with Gasteiger partial charge in [0.25, 0.3) is 5.91 Å². The van der Waals surface area contributed by atoms with Crippen molar-refractivity contribution < 1.29 is 14.2 Å². The molecule has 0 fully saturated rings. The molecule has 0 saturated heterocycles. The van der Waals surface area contributed by atoms with E-state index in [2.05, 4.69) is 25.5 Å². The van der Waals surface area contributed by atoms with Gasteiger partial charge in [-0.3, -0.25) is 4.79 Å². The molecule has 19 heavy (non-hydrogen) atoms. The highest BCUT2D eigenvalue weighted by Crippen LogP contribution is 2.10. The van der Waals surface area contributed by atoms with Crippen LogP contribution >= 0.6 is 0 Å². The van der Waals surface area contributed by atoms with Crippen molar-refractivity contribution in [2.45, 2.75) is 0 Å². The summed E-state index contributed by atoms with van der Waals surface area (Å²) >= 11 is 0. The molecule has 0 bridgehead atoms. The van der Waals surface area contributed by atoms with Crippen LogP contribution in [0.4, 0.5) is 5.82 Å². The molecule has 98 valence electrons. The molecule has 3 N–H and O–H groups in total. The molecule has 8 nitrogen and oxygen atoms in total. The fraction of sp³-hybridized carbons (Fsp3) is 0.0909. The first-order chi connectivity index (χ1) is 9.20. The molecule has 0 aliphatic rings. The van der Waals surface area contributed by atoms with Crippen molar-refractivity contribution in [2.75, 3.05) is 12.8 Å². The second kappa shape index (κ2) is 5.63. The summed E-state index contributed by atoms with van der Waals surface area (Å²) in [6.45, 7) is 0. The average Bonchev–Trinajstić information content (AvgIpc) is 2.85. The van der Waals surface area contributed by atoms with Crippen molar-refractivity contribution in [3.63, 3.8) is 0 Å². The quantitative estimate of drug-likeness (QED) is 0.608. The number of hydrogen-bond donors (Lipinski definition) is 2. The van der Waals surface area contributed by atoms with Gasteiger partial charge in [-0.2, -0.15) is 5.10 Å². The highest BCUT2D eigenvalue weighted by Gasteiger charge is 2.14. The van der Waals surface area contributed by atoms with E-state index < -0.39 is 5.91 Å². The maximum absolute atomic E-state index is 11.5. The molecule has 0 spiro atoms. The van der Waals surface area contributed by atoms with Crippen molar-refractivity contribution in [2.24, 2.45) is 5.10 Å². The van der Waals surface area contributed by atoms with Crippen molar-refractivity contribution >= 4 is 17.9 Å². The maximum Gasteiger partial charge on any atom is 0.297 e. The number of aromatic nitrogens is 2. The molecule has 0 unspecified atom stereocenters. The van der Waals surface area contributed by atoms with Crippen LogP contribution in [0.2, 0.25) is 0 Å². The molecule has 0 atom stereocenters. The Labute approximate surface area is 108 Å². The number of nitrogens with two attached hydrogens (primary N) is 1. The van der Waals surface area contributed by atoms with Crippen LogP contribution in [0, 0.1) is 0 Å². The summed E-state index contributed by atoms with van der Waals surface area (Å²) in [5.74, 6) is 0.00667. The van der Waals surface area contributed by atoms with Crippen LogP contribution in [-0.4, -0.2) is 29.5 Å². The fourth-order valence-electron chi connectivity index (χ4n) is 1.29. The van der Waals surface area contributed by atoms with Crippen molar-refractivity contribution in [1.82, 2.24) is 15.7 Å². The SMILES string of the molecule is COc1cccc(/C=N/NC(=O)c2nonc2N)c1. The molecule has 0 saturated carbocycles. The summed E-state index contributed by atoms with van der Waals surface area (Å²) in [5, 5.41) is 10.4. The Hall–Kier alpha value is -2.90. The number of methoxy groups -OCH3 is 1. The second-order valence-corrected chi connectivity index (χ2v) is 3.47. The van der Waals surface area contributed by atoms with E-state index >= 15 is 0 Å². The van der Waals surface area contributed by atoms with Crippen LogP contribution in [0.25, 0.3) is 0 Å². The molecule has 8 heteroatoms. The first-order valence-corrected chi connectivity index (χ1v) is 5.26. The first kappa shape index (κ1) is 12.6. The molecule has 0 radical (unpaired) electrons. The average molecular weight is 261 g/mol. The number of nitrogens with zero attached hydrogens (tertiary/aromatic N) is 3. The highest BCUT2D eigenvalue weighted by molar-refractivity contribution is 5.96. The van der Waals surface area contributed by atoms with Gasteiger partial charge in [0.05, 0.1) is 13.3 Å². The zero-order valence-electron chi connectivity index (χ0n) is 10.0. The molecular formula is C11H11N5O3. The van der Waals surface area contributed by atoms with Crippen molar-refractivity contribution in [1.29, 1.82) is 0 Å². The summed E-state index contributed by atoms with van der Waals surface area (Å²) in [5.41, 5.74) is 8.29. The molecule has 1 aromatic heterocycles. The standard InChI is InChI=1S/C11H11N5O3/c1-18-8-4-2-3-7(5-8)6-13-14-11(17)9-10(12)16-19-15-9/h2-6H,1H3,(H2,12,16)(H,14,17)/b13-6+. The van der Waals surface area contributed by atoms with Gasteiger partial charge in [-0.1, -0.05) is 12.1 Å². The fourth-order valence-corrected chi connectivity index (χ4v) is 1.29. The maximum atomic E-state index is 11.5. The predicted molar refractivity (Wildman–Crippen MR) is 66.8 cm³/mol. The minimum Gasteiger partial charge on any atom is -0.497 e. The molecule has 1 amide bonds. The van der Waals surface area contributed by atoms with E-state index in [-0.39, 0.29) is 11.5 Å². The monoisotopic (exact) mass is 261 g/mol. The van der Waals surface area contributed by atoms with E-state index in [0.717, 1.165) is 5.56 Å². The van der Waals surface area contributed by atoms with E-state index in [9.17, 15) is 4.79 Å². The topological polar surface area (TPSA) is 116 Å². The second-order valence-electron chi connectivity index (χ2n) is 3.47. The third-order valence-electron chi connectivity index (χ3n) is 2.20. The van der Waals surface area contributed by atoms with Gasteiger partial charge >= 0.3 is 0 Å². The minimum atomic E-state index is -0.599. The van der Waals surface area contributed by atoms with Gasteiger partial charge in [-0.05, 0) is 28.0 Å². The van der Waals surface area contributed by atoms with E-state index in [1.54, 1.807) is 19.2 Å². The van der Waals surface area contributed by atoms with E-state index in [1.165, 1.54) is 6.21 Å². The van der Waals surface area contributed by atoms with E-state index in [4.69, 9.17) is 10.5 Å². The number of ether oxygens (including phenoxy) is 1. The van der Waals surface area contributed by atoms with Gasteiger partial charge < -0.3 is 10.5 Å². The van der Waals surface area contributed by atoms with Crippen LogP contribution in [0.5, 0.6) is 5.75 Å². The molecule has 1 heterocycles. The first-order valence-electron chi connectivity index (χ1n) is 5.26. The number of benzene rings is 1. The van der Waals surface area contributed by atoms with E-state index in [1.807, 2.05) is 12.1 Å². The number of hydrogen-bond acceptors (Lipinski definition) is 7. The lowest BCUT2D eigenvalue weighted by molar-refractivity contribution is 0.0946. The summed E-state index contributed by atoms with van der Waals surface area (Å²) in [4.78, 5) is 11.5. The van der Waals surface area contributed by atoms with Crippen molar-refractivity contribution in [3.05, 3.63) is 35.5 Å². The number of hydrazone groups is 1. The van der Waals surface area contributed by atoms with Crippen LogP contribution in [0.1, 0.15) is 16.1 Å². The van der Waals surface area contributed by atoms with Crippen LogP contribution < -0.4 is 15.9 Å². The molecule has 1 aromatic carbocycles. The number of carbonyl (C=O) groups excluding carboxylic acids is 1. The smallest absolute Gasteiger partial charge is 0.297 e. The summed E-state index contributed by atoms with van der Waals surface area (Å²) in [6, 6.07) is 7.19. The zero-order chi connectivity index (χ0) is 13.7. The third kappa shape index (κ3) is 3.06. The number of carbonyl (C=O) groups is 1. The van der Waals surface area contributed by atoms with Crippen molar-refractivity contribution in [3.8, 4) is 5.75 Å². The number of nitrogen functional groups attached to an aromatic ring is 1. The third-order valence-corrected chi connectivity index (χ3v) is 2.20. The number of nitrogens with one attached hydrogen (secondary N) is 1. The van der Waals surface area contributed by atoms with Gasteiger partial charge in [0.2, 0.25) is 11.5 Å². The number of amides is 1. The van der Waals surface area contributed by atoms with Gasteiger partial charge in [-0.15, -0.1) is 0 Å². The Balaban J connectivity index is 2.00. The van der Waals surface area contributed by atoms with E-state index in [0.29, 0.717) is 5.75 Å². The summed E-state index contributed by atoms with van der Waals surface area (Å²) < 4.78 is 9.37. The molecule has 0 aliphatic heterocycles. The molecule has 2 aromatic rings.